The normalized spacial score (nSPS) is 13.8. The van der Waals surface area contributed by atoms with E-state index in [1.54, 1.807) is 11.3 Å². The number of thiophene rings is 1. The molecule has 10 heteroatoms. The molecule has 0 saturated carbocycles. The minimum atomic E-state index is -0.200. The lowest BCUT2D eigenvalue weighted by Gasteiger charge is -2.09. The number of anilines is 1. The van der Waals surface area contributed by atoms with Gasteiger partial charge in [0.15, 0.2) is 5.16 Å². The lowest BCUT2D eigenvalue weighted by atomic mass is 9.97. The van der Waals surface area contributed by atoms with Crippen molar-refractivity contribution in [1.82, 2.24) is 20.2 Å². The van der Waals surface area contributed by atoms with Gasteiger partial charge in [0.2, 0.25) is 11.0 Å². The molecule has 7 nitrogen and oxygen atoms in total. The summed E-state index contributed by atoms with van der Waals surface area (Å²) in [6.07, 6.45) is 4.28. The number of thioether (sulfide) groups is 1. The van der Waals surface area contributed by atoms with Gasteiger partial charge in [0, 0.05) is 4.88 Å². The number of amides is 1. The van der Waals surface area contributed by atoms with E-state index < -0.39 is 0 Å². The van der Waals surface area contributed by atoms with E-state index in [0.29, 0.717) is 10.3 Å². The highest BCUT2D eigenvalue weighted by Crippen LogP contribution is 2.34. The van der Waals surface area contributed by atoms with Crippen molar-refractivity contribution in [2.75, 3.05) is 11.1 Å². The van der Waals surface area contributed by atoms with E-state index in [1.807, 2.05) is 6.92 Å². The molecule has 0 unspecified atom stereocenters. The molecule has 1 amide bonds. The zero-order valence-electron chi connectivity index (χ0n) is 13.4. The van der Waals surface area contributed by atoms with E-state index in [-0.39, 0.29) is 17.2 Å². The Morgan fingerprint density at radius 1 is 1.28 bits per heavy atom. The summed E-state index contributed by atoms with van der Waals surface area (Å²) in [5.74, 6) is -0.0487. The average molecular weight is 394 g/mol. The maximum absolute atomic E-state index is 12.5. The molecule has 0 radical (unpaired) electrons. The fraction of sp³-hybridized carbons (Fsp3) is 0.400. The van der Waals surface area contributed by atoms with Crippen LogP contribution in [0.1, 0.15) is 28.3 Å². The summed E-state index contributed by atoms with van der Waals surface area (Å²) in [4.78, 5) is 33.9. The number of nitrogens with one attached hydrogen (secondary N) is 2. The first-order valence-corrected chi connectivity index (χ1v) is 10.5. The largest absolute Gasteiger partial charge is 0.301 e. The molecule has 0 bridgehead atoms. The van der Waals surface area contributed by atoms with Gasteiger partial charge in [-0.15, -0.1) is 21.5 Å². The average Bonchev–Trinajstić information content (AvgIpc) is 3.16. The van der Waals surface area contributed by atoms with Crippen molar-refractivity contribution < 1.29 is 4.79 Å². The number of H-pyrrole nitrogens is 1. The number of hydrogen-bond acceptors (Lipinski definition) is 8. The van der Waals surface area contributed by atoms with Gasteiger partial charge in [-0.25, -0.2) is 4.98 Å². The van der Waals surface area contributed by atoms with Crippen molar-refractivity contribution in [2.45, 2.75) is 37.8 Å². The predicted molar refractivity (Wildman–Crippen MR) is 101 cm³/mol. The number of carbonyl (C=O) groups excluding carboxylic acids is 1. The number of fused-ring (bicyclic) bond motifs is 3. The summed E-state index contributed by atoms with van der Waals surface area (Å²) >= 11 is 4.14. The van der Waals surface area contributed by atoms with Crippen LogP contribution in [0.2, 0.25) is 0 Å². The van der Waals surface area contributed by atoms with Gasteiger partial charge in [-0.1, -0.05) is 23.1 Å². The Hall–Kier alpha value is -1.78. The lowest BCUT2D eigenvalue weighted by Crippen LogP contribution is -2.15. The van der Waals surface area contributed by atoms with Crippen LogP contribution < -0.4 is 10.9 Å². The molecule has 0 atom stereocenters. The maximum Gasteiger partial charge on any atom is 0.260 e. The van der Waals surface area contributed by atoms with Crippen LogP contribution in [0.4, 0.5) is 5.13 Å². The Kier molecular flexibility index (Phi) is 4.57. The molecule has 130 valence electrons. The molecule has 0 fully saturated rings. The number of rotatable bonds is 4. The van der Waals surface area contributed by atoms with Gasteiger partial charge in [0.05, 0.1) is 11.1 Å². The number of aromatic amines is 1. The van der Waals surface area contributed by atoms with Crippen LogP contribution >= 0.6 is 34.4 Å². The van der Waals surface area contributed by atoms with E-state index in [9.17, 15) is 9.59 Å². The number of aromatic nitrogens is 4. The van der Waals surface area contributed by atoms with E-state index in [0.717, 1.165) is 34.5 Å². The highest BCUT2D eigenvalue weighted by atomic mass is 32.2. The number of nitrogens with zero attached hydrogens (tertiary/aromatic N) is 3. The van der Waals surface area contributed by atoms with Crippen molar-refractivity contribution >= 4 is 55.7 Å². The van der Waals surface area contributed by atoms with Crippen LogP contribution in [0.15, 0.2) is 9.95 Å². The van der Waals surface area contributed by atoms with Crippen LogP contribution in [0.25, 0.3) is 10.2 Å². The molecule has 25 heavy (non-hydrogen) atoms. The Bertz CT molecular complexity index is 1010. The molecule has 2 N–H and O–H groups in total. The summed E-state index contributed by atoms with van der Waals surface area (Å²) in [5.41, 5.74) is 1.06. The van der Waals surface area contributed by atoms with Crippen molar-refractivity contribution in [3.63, 3.8) is 0 Å². The zero-order valence-corrected chi connectivity index (χ0v) is 15.9. The maximum atomic E-state index is 12.5. The van der Waals surface area contributed by atoms with Crippen LogP contribution in [0.3, 0.4) is 0 Å². The summed E-state index contributed by atoms with van der Waals surface area (Å²) < 4.78 is 0. The Labute approximate surface area is 155 Å². The van der Waals surface area contributed by atoms with Gasteiger partial charge >= 0.3 is 0 Å². The Morgan fingerprint density at radius 3 is 2.92 bits per heavy atom. The SMILES string of the molecule is Cc1nnc(NC(=O)CSc2nc3sc4c(c3c(=O)[nH]2)CCCC4)s1. The molecule has 0 spiro atoms. The molecule has 1 aliphatic carbocycles. The summed E-state index contributed by atoms with van der Waals surface area (Å²) in [6, 6.07) is 0. The van der Waals surface area contributed by atoms with Crippen molar-refractivity contribution in [1.29, 1.82) is 0 Å². The quantitative estimate of drug-likeness (QED) is 0.522. The number of carbonyl (C=O) groups is 1. The fourth-order valence-electron chi connectivity index (χ4n) is 2.85. The molecule has 3 heterocycles. The first-order valence-electron chi connectivity index (χ1n) is 7.87. The van der Waals surface area contributed by atoms with E-state index in [4.69, 9.17) is 0 Å². The first kappa shape index (κ1) is 16.7. The lowest BCUT2D eigenvalue weighted by molar-refractivity contribution is -0.113. The highest BCUT2D eigenvalue weighted by molar-refractivity contribution is 7.99. The minimum Gasteiger partial charge on any atom is -0.301 e. The summed E-state index contributed by atoms with van der Waals surface area (Å²) in [5, 5.41) is 12.9. The number of aryl methyl sites for hydroxylation is 3. The topological polar surface area (TPSA) is 101 Å². The summed E-state index contributed by atoms with van der Waals surface area (Å²) in [7, 11) is 0. The molecule has 3 aromatic rings. The molecule has 0 aromatic carbocycles. The Morgan fingerprint density at radius 2 is 2.12 bits per heavy atom. The van der Waals surface area contributed by atoms with E-state index in [2.05, 4.69) is 25.5 Å². The van der Waals surface area contributed by atoms with E-state index in [1.165, 1.54) is 40.0 Å². The van der Waals surface area contributed by atoms with Gasteiger partial charge in [0.25, 0.3) is 5.56 Å². The zero-order chi connectivity index (χ0) is 17.4. The van der Waals surface area contributed by atoms with Crippen LogP contribution in [-0.2, 0) is 17.6 Å². The van der Waals surface area contributed by atoms with E-state index >= 15 is 0 Å². The Balaban J connectivity index is 1.50. The van der Waals surface area contributed by atoms with Gasteiger partial charge < -0.3 is 4.98 Å². The number of hydrogen-bond donors (Lipinski definition) is 2. The molecule has 1 aliphatic rings. The van der Waals surface area contributed by atoms with Crippen molar-refractivity contribution in [3.8, 4) is 0 Å². The molecule has 3 aromatic heterocycles. The van der Waals surface area contributed by atoms with Crippen molar-refractivity contribution in [3.05, 3.63) is 25.8 Å². The third-order valence-corrected chi connectivity index (χ3v) is 6.73. The second-order valence-corrected chi connectivity index (χ2v) is 8.95. The van der Waals surface area contributed by atoms with Crippen LogP contribution in [0.5, 0.6) is 0 Å². The first-order chi connectivity index (χ1) is 12.1. The van der Waals surface area contributed by atoms with Gasteiger partial charge in [-0.3, -0.25) is 14.9 Å². The van der Waals surface area contributed by atoms with Crippen LogP contribution in [-0.4, -0.2) is 31.8 Å². The van der Waals surface area contributed by atoms with Crippen molar-refractivity contribution in [2.24, 2.45) is 0 Å². The smallest absolute Gasteiger partial charge is 0.260 e. The molecule has 4 rings (SSSR count). The molecule has 0 saturated heterocycles. The monoisotopic (exact) mass is 393 g/mol. The minimum absolute atomic E-state index is 0.105. The molecular weight excluding hydrogens is 378 g/mol. The predicted octanol–water partition coefficient (Wildman–Crippen LogP) is 2.75. The molecular formula is C15H15N5O2S3. The van der Waals surface area contributed by atoms with Gasteiger partial charge in [-0.2, -0.15) is 0 Å². The third kappa shape index (κ3) is 3.46. The van der Waals surface area contributed by atoms with Gasteiger partial charge in [0.1, 0.15) is 9.84 Å². The second kappa shape index (κ2) is 6.85. The molecule has 0 aliphatic heterocycles. The third-order valence-electron chi connectivity index (χ3n) is 3.92. The standard InChI is InChI=1S/C15H15N5O2S3/c1-7-19-20-15(24-7)16-10(21)6-23-14-17-12(22)11-8-4-2-3-5-9(8)25-13(11)18-14/h2-6H2,1H3,(H,16,20,21)(H,17,18,22). The highest BCUT2D eigenvalue weighted by Gasteiger charge is 2.20. The van der Waals surface area contributed by atoms with Gasteiger partial charge in [-0.05, 0) is 38.2 Å². The summed E-state index contributed by atoms with van der Waals surface area (Å²) in [6.45, 7) is 1.83. The fourth-order valence-corrected chi connectivity index (χ4v) is 5.44. The second-order valence-electron chi connectivity index (χ2n) is 5.73. The van der Waals surface area contributed by atoms with Crippen LogP contribution in [0, 0.1) is 6.92 Å².